The van der Waals surface area contributed by atoms with Gasteiger partial charge < -0.3 is 39.7 Å². The van der Waals surface area contributed by atoms with E-state index in [1.165, 1.54) is 0 Å². The van der Waals surface area contributed by atoms with Crippen LogP contribution >= 0.6 is 0 Å². The zero-order valence-electron chi connectivity index (χ0n) is 13.8. The minimum atomic E-state index is -1.54. The summed E-state index contributed by atoms with van der Waals surface area (Å²) < 4.78 is 16.5. The highest BCUT2D eigenvalue weighted by molar-refractivity contribution is 5.87. The number of carboxylic acids is 1. The van der Waals surface area contributed by atoms with E-state index in [4.69, 9.17) is 14.2 Å². The minimum Gasteiger partial charge on any atom is -0.478 e. The van der Waals surface area contributed by atoms with Crippen molar-refractivity contribution in [2.75, 3.05) is 6.61 Å². The Morgan fingerprint density at radius 3 is 2.56 bits per heavy atom. The summed E-state index contributed by atoms with van der Waals surface area (Å²) in [6, 6.07) is 0. The van der Waals surface area contributed by atoms with Crippen LogP contribution in [0.25, 0.3) is 0 Å². The van der Waals surface area contributed by atoms with E-state index in [0.717, 1.165) is 12.7 Å². The molecule has 1 aliphatic carbocycles. The predicted octanol–water partition coefficient (Wildman–Crippen LogP) is -1.21. The van der Waals surface area contributed by atoms with Crippen LogP contribution in [0.15, 0.2) is 11.8 Å². The maximum absolute atomic E-state index is 11.4. The summed E-state index contributed by atoms with van der Waals surface area (Å²) in [7, 11) is 0. The molecular weight excluding hydrogens is 336 g/mol. The maximum atomic E-state index is 11.4. The van der Waals surface area contributed by atoms with Crippen LogP contribution in [0.1, 0.15) is 19.8 Å². The molecule has 1 saturated heterocycles. The van der Waals surface area contributed by atoms with Gasteiger partial charge in [0.1, 0.15) is 24.4 Å². The fraction of sp³-hybridized carbons (Fsp3) is 0.812. The first-order chi connectivity index (χ1) is 11.8. The van der Waals surface area contributed by atoms with Crippen molar-refractivity contribution in [3.8, 4) is 0 Å². The molecule has 3 aliphatic rings. The van der Waals surface area contributed by atoms with Gasteiger partial charge in [0.25, 0.3) is 0 Å². The molecule has 0 aromatic rings. The third kappa shape index (κ3) is 3.27. The van der Waals surface area contributed by atoms with Crippen molar-refractivity contribution in [2.45, 2.75) is 56.8 Å². The molecule has 0 spiro atoms. The number of hydrogen-bond acceptors (Lipinski definition) is 8. The van der Waals surface area contributed by atoms with Gasteiger partial charge in [-0.15, -0.1) is 0 Å². The van der Waals surface area contributed by atoms with Gasteiger partial charge in [-0.2, -0.15) is 0 Å². The number of rotatable bonds is 4. The smallest absolute Gasteiger partial charge is 0.334 e. The van der Waals surface area contributed by atoms with Crippen LogP contribution in [0, 0.1) is 17.8 Å². The normalized spacial score (nSPS) is 46.9. The third-order valence-corrected chi connectivity index (χ3v) is 5.46. The predicted molar refractivity (Wildman–Crippen MR) is 80.8 cm³/mol. The number of hydrogen-bond donors (Lipinski definition) is 5. The molecule has 9 atom stereocenters. The SMILES string of the molecule is C[C@H]1CC[C@@H]2C(C(=O)O)=CO[C@@H](O[C@@H]3O[C@H](CO)[C@@H](O)[C@H](O)[C@H]3O)[C@@H]21. The van der Waals surface area contributed by atoms with E-state index in [1.54, 1.807) is 0 Å². The Kier molecular flexibility index (Phi) is 5.33. The second-order valence-electron chi connectivity index (χ2n) is 6.95. The minimum absolute atomic E-state index is 0.142. The van der Waals surface area contributed by atoms with E-state index in [9.17, 15) is 30.3 Å². The molecule has 0 amide bonds. The Bertz CT molecular complexity index is 534. The number of aliphatic hydroxyl groups excluding tert-OH is 4. The Morgan fingerprint density at radius 1 is 1.20 bits per heavy atom. The number of aliphatic hydroxyl groups is 4. The van der Waals surface area contributed by atoms with Crippen LogP contribution < -0.4 is 0 Å². The average molecular weight is 360 g/mol. The molecule has 2 aliphatic heterocycles. The van der Waals surface area contributed by atoms with Crippen molar-refractivity contribution < 1.29 is 44.5 Å². The molecule has 0 radical (unpaired) electrons. The third-order valence-electron chi connectivity index (χ3n) is 5.46. The second-order valence-corrected chi connectivity index (χ2v) is 6.95. The lowest BCUT2D eigenvalue weighted by molar-refractivity contribution is -0.342. The molecule has 142 valence electrons. The van der Waals surface area contributed by atoms with Crippen LogP contribution in [-0.4, -0.2) is 75.1 Å². The van der Waals surface area contributed by atoms with Gasteiger partial charge in [0.15, 0.2) is 6.29 Å². The van der Waals surface area contributed by atoms with Gasteiger partial charge in [-0.05, 0) is 18.8 Å². The Balaban J connectivity index is 1.77. The van der Waals surface area contributed by atoms with Crippen molar-refractivity contribution in [1.82, 2.24) is 0 Å². The Hall–Kier alpha value is -1.23. The lowest BCUT2D eigenvalue weighted by Gasteiger charge is -2.43. The zero-order valence-corrected chi connectivity index (χ0v) is 13.8. The van der Waals surface area contributed by atoms with Crippen LogP contribution in [-0.2, 0) is 19.0 Å². The molecule has 2 fully saturated rings. The molecular formula is C16H24O9. The summed E-state index contributed by atoms with van der Waals surface area (Å²) in [6.45, 7) is 1.42. The van der Waals surface area contributed by atoms with Gasteiger partial charge in [0.2, 0.25) is 6.29 Å². The highest BCUT2D eigenvalue weighted by atomic mass is 16.8. The Morgan fingerprint density at radius 2 is 1.92 bits per heavy atom. The highest BCUT2D eigenvalue weighted by Gasteiger charge is 2.50. The molecule has 5 N–H and O–H groups in total. The first kappa shape index (κ1) is 18.6. The van der Waals surface area contributed by atoms with Gasteiger partial charge in [0.05, 0.1) is 18.4 Å². The topological polar surface area (TPSA) is 146 Å². The fourth-order valence-corrected chi connectivity index (χ4v) is 4.01. The van der Waals surface area contributed by atoms with E-state index < -0.39 is 49.6 Å². The molecule has 0 aromatic carbocycles. The molecule has 9 heteroatoms. The number of aliphatic carboxylic acids is 1. The molecule has 0 bridgehead atoms. The monoisotopic (exact) mass is 360 g/mol. The Labute approximate surface area is 144 Å². The maximum Gasteiger partial charge on any atom is 0.334 e. The number of carboxylic acid groups (broad SMARTS) is 1. The zero-order chi connectivity index (χ0) is 18.3. The van der Waals surface area contributed by atoms with E-state index >= 15 is 0 Å². The first-order valence-electron chi connectivity index (χ1n) is 8.40. The van der Waals surface area contributed by atoms with E-state index in [0.29, 0.717) is 6.42 Å². The quantitative estimate of drug-likeness (QED) is 0.417. The molecule has 9 nitrogen and oxygen atoms in total. The molecule has 2 heterocycles. The van der Waals surface area contributed by atoms with Crippen molar-refractivity contribution >= 4 is 5.97 Å². The van der Waals surface area contributed by atoms with Crippen LogP contribution in [0.3, 0.4) is 0 Å². The molecule has 0 aromatic heterocycles. The largest absolute Gasteiger partial charge is 0.478 e. The van der Waals surface area contributed by atoms with Gasteiger partial charge in [0, 0.05) is 11.8 Å². The summed E-state index contributed by atoms with van der Waals surface area (Å²) in [4.78, 5) is 11.4. The second kappa shape index (κ2) is 7.18. The van der Waals surface area contributed by atoms with Crippen molar-refractivity contribution in [1.29, 1.82) is 0 Å². The summed E-state index contributed by atoms with van der Waals surface area (Å²) in [5.41, 5.74) is 0.197. The summed E-state index contributed by atoms with van der Waals surface area (Å²) in [6.07, 6.45) is -5.10. The standard InChI is InChI=1S/C16H24O9/c1-6-2-3-7-8(14(21)22)5-23-15(10(6)7)25-16-13(20)12(19)11(18)9(4-17)24-16/h5-7,9-13,15-20H,2-4H2,1H3,(H,21,22)/t6-,7+,9+,10+,11+,12-,13+,15-,16-/m0/s1. The lowest BCUT2D eigenvalue weighted by Crippen LogP contribution is -2.60. The molecule has 0 unspecified atom stereocenters. The van der Waals surface area contributed by atoms with E-state index in [2.05, 4.69) is 0 Å². The lowest BCUT2D eigenvalue weighted by atomic mass is 9.83. The molecule has 1 saturated carbocycles. The van der Waals surface area contributed by atoms with Gasteiger partial charge in [-0.3, -0.25) is 0 Å². The van der Waals surface area contributed by atoms with Gasteiger partial charge >= 0.3 is 5.97 Å². The molecule has 25 heavy (non-hydrogen) atoms. The number of fused-ring (bicyclic) bond motifs is 1. The van der Waals surface area contributed by atoms with E-state index in [-0.39, 0.29) is 23.3 Å². The van der Waals surface area contributed by atoms with Gasteiger partial charge in [-0.1, -0.05) is 6.92 Å². The first-order valence-corrected chi connectivity index (χ1v) is 8.40. The van der Waals surface area contributed by atoms with Crippen LogP contribution in [0.2, 0.25) is 0 Å². The van der Waals surface area contributed by atoms with Crippen molar-refractivity contribution in [3.05, 3.63) is 11.8 Å². The fourth-order valence-electron chi connectivity index (χ4n) is 4.01. The van der Waals surface area contributed by atoms with Crippen molar-refractivity contribution in [2.24, 2.45) is 17.8 Å². The van der Waals surface area contributed by atoms with Crippen LogP contribution in [0.5, 0.6) is 0 Å². The number of carbonyl (C=O) groups is 1. The van der Waals surface area contributed by atoms with Crippen LogP contribution in [0.4, 0.5) is 0 Å². The summed E-state index contributed by atoms with van der Waals surface area (Å²) in [5, 5.41) is 48.3. The van der Waals surface area contributed by atoms with E-state index in [1.807, 2.05) is 6.92 Å². The summed E-state index contributed by atoms with van der Waals surface area (Å²) >= 11 is 0. The van der Waals surface area contributed by atoms with Gasteiger partial charge in [-0.25, -0.2) is 4.79 Å². The number of ether oxygens (including phenoxy) is 3. The average Bonchev–Trinajstić information content (AvgIpc) is 2.97. The highest BCUT2D eigenvalue weighted by Crippen LogP contribution is 2.47. The van der Waals surface area contributed by atoms with Crippen molar-refractivity contribution in [3.63, 3.8) is 0 Å². The summed E-state index contributed by atoms with van der Waals surface area (Å²) in [5.74, 6) is -1.35. The molecule has 3 rings (SSSR count).